The molecule has 6 heteroatoms. The van der Waals surface area contributed by atoms with Gasteiger partial charge in [-0.3, -0.25) is 0 Å². The van der Waals surface area contributed by atoms with Gasteiger partial charge in [0.2, 0.25) is 11.6 Å². The maximum absolute atomic E-state index is 6.20. The second-order valence-electron chi connectivity index (χ2n) is 6.29. The minimum atomic E-state index is 0.438. The van der Waals surface area contributed by atoms with Gasteiger partial charge in [0.15, 0.2) is 17.1 Å². The number of aromatic nitrogens is 1. The summed E-state index contributed by atoms with van der Waals surface area (Å²) in [5, 5.41) is 0. The zero-order chi connectivity index (χ0) is 20.4. The van der Waals surface area contributed by atoms with Crippen molar-refractivity contribution in [1.29, 1.82) is 0 Å². The predicted octanol–water partition coefficient (Wildman–Crippen LogP) is 5.20. The number of para-hydroxylation sites is 1. The molecule has 0 aliphatic carbocycles. The fourth-order valence-corrected chi connectivity index (χ4v) is 3.35. The average Bonchev–Trinajstić information content (AvgIpc) is 3.22. The Morgan fingerprint density at radius 3 is 2.24 bits per heavy atom. The van der Waals surface area contributed by atoms with Crippen LogP contribution in [-0.2, 0) is 0 Å². The topological polar surface area (TPSA) is 63.0 Å². The summed E-state index contributed by atoms with van der Waals surface area (Å²) in [4.78, 5) is 4.68. The summed E-state index contributed by atoms with van der Waals surface area (Å²) >= 11 is 0. The van der Waals surface area contributed by atoms with E-state index in [0.29, 0.717) is 34.3 Å². The molecule has 148 valence electrons. The number of methoxy groups -OCH3 is 4. The van der Waals surface area contributed by atoms with Crippen molar-refractivity contribution in [3.8, 4) is 45.6 Å². The van der Waals surface area contributed by atoms with Crippen molar-refractivity contribution >= 4 is 11.1 Å². The van der Waals surface area contributed by atoms with Gasteiger partial charge in [-0.2, -0.15) is 0 Å². The zero-order valence-corrected chi connectivity index (χ0v) is 16.7. The number of hydrogen-bond acceptors (Lipinski definition) is 6. The summed E-state index contributed by atoms with van der Waals surface area (Å²) in [6.45, 7) is 0. The Balaban J connectivity index is 1.90. The molecule has 1 heterocycles. The zero-order valence-electron chi connectivity index (χ0n) is 16.7. The van der Waals surface area contributed by atoms with Gasteiger partial charge in [-0.1, -0.05) is 24.3 Å². The molecule has 0 atom stereocenters. The molecule has 0 spiro atoms. The molecule has 0 fully saturated rings. The molecule has 0 radical (unpaired) electrons. The molecule has 4 rings (SSSR count). The monoisotopic (exact) mass is 391 g/mol. The highest BCUT2D eigenvalue weighted by molar-refractivity contribution is 5.92. The fraction of sp³-hybridized carbons (Fsp3) is 0.174. The van der Waals surface area contributed by atoms with E-state index in [1.54, 1.807) is 34.5 Å². The van der Waals surface area contributed by atoms with Crippen LogP contribution in [0.2, 0.25) is 0 Å². The molecule has 0 aliphatic rings. The van der Waals surface area contributed by atoms with Gasteiger partial charge < -0.3 is 23.4 Å². The molecule has 0 unspecified atom stereocenters. The first-order valence-corrected chi connectivity index (χ1v) is 9.03. The van der Waals surface area contributed by atoms with E-state index in [1.807, 2.05) is 48.5 Å². The van der Waals surface area contributed by atoms with Crippen LogP contribution in [0.5, 0.6) is 23.0 Å². The molecule has 0 saturated carbocycles. The molecule has 6 nitrogen and oxygen atoms in total. The van der Waals surface area contributed by atoms with E-state index >= 15 is 0 Å². The first-order chi connectivity index (χ1) is 14.2. The number of ether oxygens (including phenoxy) is 4. The molecule has 0 N–H and O–H groups in total. The number of benzene rings is 3. The molecule has 0 amide bonds. The van der Waals surface area contributed by atoms with Crippen LogP contribution >= 0.6 is 0 Å². The Hall–Kier alpha value is -3.67. The maximum Gasteiger partial charge on any atom is 0.231 e. The maximum atomic E-state index is 6.20. The van der Waals surface area contributed by atoms with Gasteiger partial charge in [0.1, 0.15) is 11.3 Å². The van der Waals surface area contributed by atoms with Crippen LogP contribution in [0.3, 0.4) is 0 Å². The largest absolute Gasteiger partial charge is 0.497 e. The lowest BCUT2D eigenvalue weighted by Crippen LogP contribution is -1.96. The van der Waals surface area contributed by atoms with Crippen molar-refractivity contribution in [3.63, 3.8) is 0 Å². The summed E-state index contributed by atoms with van der Waals surface area (Å²) in [6, 6.07) is 17.3. The summed E-state index contributed by atoms with van der Waals surface area (Å²) < 4.78 is 28.0. The Labute approximate surface area is 168 Å². The standard InChI is InChI=1S/C23H21NO5/c1-25-15-8-5-7-14(13-15)16-9-6-10-18-20(16)29-23(24-18)17-11-12-19(26-2)22(28-4)21(17)27-3/h5-13H,1-4H3. The van der Waals surface area contributed by atoms with Crippen LogP contribution < -0.4 is 18.9 Å². The number of hydrogen-bond donors (Lipinski definition) is 0. The molecular weight excluding hydrogens is 370 g/mol. The van der Waals surface area contributed by atoms with E-state index in [4.69, 9.17) is 23.4 Å². The van der Waals surface area contributed by atoms with Gasteiger partial charge in [-0.05, 0) is 35.9 Å². The smallest absolute Gasteiger partial charge is 0.231 e. The van der Waals surface area contributed by atoms with E-state index in [2.05, 4.69) is 4.98 Å². The van der Waals surface area contributed by atoms with Crippen molar-refractivity contribution in [3.05, 3.63) is 54.6 Å². The average molecular weight is 391 g/mol. The third-order valence-corrected chi connectivity index (χ3v) is 4.73. The Bertz CT molecular complexity index is 1170. The van der Waals surface area contributed by atoms with Crippen molar-refractivity contribution in [2.75, 3.05) is 28.4 Å². The predicted molar refractivity (Wildman–Crippen MR) is 111 cm³/mol. The Kier molecular flexibility index (Phi) is 4.99. The van der Waals surface area contributed by atoms with E-state index in [1.165, 1.54) is 0 Å². The normalized spacial score (nSPS) is 10.8. The third-order valence-electron chi connectivity index (χ3n) is 4.73. The van der Waals surface area contributed by atoms with Crippen LogP contribution in [-0.4, -0.2) is 33.4 Å². The summed E-state index contributed by atoms with van der Waals surface area (Å²) in [5.74, 6) is 2.78. The highest BCUT2D eigenvalue weighted by atomic mass is 16.5. The lowest BCUT2D eigenvalue weighted by molar-refractivity contribution is 0.324. The Morgan fingerprint density at radius 1 is 0.724 bits per heavy atom. The van der Waals surface area contributed by atoms with E-state index < -0.39 is 0 Å². The number of rotatable bonds is 6. The minimum absolute atomic E-state index is 0.438. The molecule has 1 aromatic heterocycles. The summed E-state index contributed by atoms with van der Waals surface area (Å²) in [6.07, 6.45) is 0. The molecule has 3 aromatic carbocycles. The SMILES string of the molecule is COc1cccc(-c2cccc3nc(-c4ccc(OC)c(OC)c4OC)oc23)c1. The van der Waals surface area contributed by atoms with Gasteiger partial charge in [0.25, 0.3) is 0 Å². The Morgan fingerprint density at radius 2 is 1.52 bits per heavy atom. The van der Waals surface area contributed by atoms with Crippen LogP contribution in [0.15, 0.2) is 59.0 Å². The van der Waals surface area contributed by atoms with Crippen LogP contribution in [0, 0.1) is 0 Å². The van der Waals surface area contributed by atoms with Gasteiger partial charge in [-0.15, -0.1) is 0 Å². The molecular formula is C23H21NO5. The van der Waals surface area contributed by atoms with Crippen molar-refractivity contribution in [2.24, 2.45) is 0 Å². The second kappa shape index (κ2) is 7.75. The fourth-order valence-electron chi connectivity index (χ4n) is 3.35. The molecule has 0 saturated heterocycles. The first kappa shape index (κ1) is 18.7. The first-order valence-electron chi connectivity index (χ1n) is 9.03. The van der Waals surface area contributed by atoms with Gasteiger partial charge in [0, 0.05) is 5.56 Å². The van der Waals surface area contributed by atoms with Gasteiger partial charge >= 0.3 is 0 Å². The summed E-state index contributed by atoms with van der Waals surface area (Å²) in [7, 11) is 6.37. The van der Waals surface area contributed by atoms with Gasteiger partial charge in [-0.25, -0.2) is 4.98 Å². The lowest BCUT2D eigenvalue weighted by Gasteiger charge is -2.14. The van der Waals surface area contributed by atoms with Crippen molar-refractivity contribution in [1.82, 2.24) is 4.98 Å². The van der Waals surface area contributed by atoms with Crippen molar-refractivity contribution < 1.29 is 23.4 Å². The molecule has 0 aliphatic heterocycles. The summed E-state index contributed by atoms with van der Waals surface area (Å²) in [5.41, 5.74) is 4.03. The molecule has 29 heavy (non-hydrogen) atoms. The van der Waals surface area contributed by atoms with Crippen molar-refractivity contribution in [2.45, 2.75) is 0 Å². The van der Waals surface area contributed by atoms with Crippen LogP contribution in [0.4, 0.5) is 0 Å². The highest BCUT2D eigenvalue weighted by Gasteiger charge is 2.21. The molecule has 0 bridgehead atoms. The highest BCUT2D eigenvalue weighted by Crippen LogP contribution is 2.45. The van der Waals surface area contributed by atoms with E-state index in [9.17, 15) is 0 Å². The second-order valence-corrected chi connectivity index (χ2v) is 6.29. The number of fused-ring (bicyclic) bond motifs is 1. The number of oxazole rings is 1. The quantitative estimate of drug-likeness (QED) is 0.450. The molecule has 4 aromatic rings. The van der Waals surface area contributed by atoms with Gasteiger partial charge in [0.05, 0.1) is 34.0 Å². The minimum Gasteiger partial charge on any atom is -0.497 e. The van der Waals surface area contributed by atoms with Crippen LogP contribution in [0.1, 0.15) is 0 Å². The lowest BCUT2D eigenvalue weighted by atomic mass is 10.0. The van der Waals surface area contributed by atoms with E-state index in [-0.39, 0.29) is 0 Å². The number of nitrogens with zero attached hydrogens (tertiary/aromatic N) is 1. The van der Waals surface area contributed by atoms with Crippen LogP contribution in [0.25, 0.3) is 33.7 Å². The van der Waals surface area contributed by atoms with E-state index in [0.717, 1.165) is 22.4 Å². The third kappa shape index (κ3) is 3.23.